The summed E-state index contributed by atoms with van der Waals surface area (Å²) in [6, 6.07) is 9.75. The minimum Gasteiger partial charge on any atom is -0.423 e. The molecule has 0 unspecified atom stereocenters. The molecule has 0 aliphatic carbocycles. The third kappa shape index (κ3) is 2.82. The third-order valence-electron chi connectivity index (χ3n) is 3.72. The smallest absolute Gasteiger partial charge is 0.423 e. The molecule has 0 aromatic heterocycles. The monoisotopic (exact) mass is 337 g/mol. The van der Waals surface area contributed by atoms with Crippen molar-refractivity contribution >= 4 is 11.6 Å². The van der Waals surface area contributed by atoms with Gasteiger partial charge in [-0.1, -0.05) is 24.3 Å². The zero-order chi connectivity index (χ0) is 17.5. The van der Waals surface area contributed by atoms with Gasteiger partial charge < -0.3 is 9.84 Å². The van der Waals surface area contributed by atoms with Crippen LogP contribution in [0.4, 0.5) is 18.9 Å². The number of carbonyl (C=O) groups is 1. The van der Waals surface area contributed by atoms with Crippen LogP contribution in [-0.2, 0) is 11.3 Å². The summed E-state index contributed by atoms with van der Waals surface area (Å²) in [7, 11) is 0. The van der Waals surface area contributed by atoms with Crippen LogP contribution in [-0.4, -0.2) is 17.1 Å². The SMILES string of the molecule is C[C@H](O)c1cccc2c1OC(F)(F)C(=O)N2Cc1cccc(F)c1. The number of ether oxygens (including phenoxy) is 1. The van der Waals surface area contributed by atoms with Gasteiger partial charge in [0, 0.05) is 5.56 Å². The van der Waals surface area contributed by atoms with E-state index in [-0.39, 0.29) is 23.5 Å². The van der Waals surface area contributed by atoms with Crippen LogP contribution in [0.3, 0.4) is 0 Å². The van der Waals surface area contributed by atoms with Crippen molar-refractivity contribution in [2.45, 2.75) is 25.7 Å². The summed E-state index contributed by atoms with van der Waals surface area (Å²) in [6.45, 7) is 1.16. The largest absolute Gasteiger partial charge is 0.483 e. The Morgan fingerprint density at radius 3 is 2.62 bits per heavy atom. The highest BCUT2D eigenvalue weighted by atomic mass is 19.3. The van der Waals surface area contributed by atoms with E-state index in [0.717, 1.165) is 4.90 Å². The lowest BCUT2D eigenvalue weighted by molar-refractivity contribution is -0.193. The van der Waals surface area contributed by atoms with Crippen molar-refractivity contribution in [2.24, 2.45) is 0 Å². The standard InChI is InChI=1S/C17H14F3NO3/c1-10(22)13-6-3-7-14-15(13)24-17(19,20)16(23)21(14)9-11-4-2-5-12(18)8-11/h2-8,10,22H,9H2,1H3/t10-/m0/s1. The van der Waals surface area contributed by atoms with E-state index in [2.05, 4.69) is 4.74 Å². The van der Waals surface area contributed by atoms with Crippen molar-refractivity contribution in [3.8, 4) is 5.75 Å². The summed E-state index contributed by atoms with van der Waals surface area (Å²) < 4.78 is 45.9. The topological polar surface area (TPSA) is 49.8 Å². The first-order chi connectivity index (χ1) is 11.3. The summed E-state index contributed by atoms with van der Waals surface area (Å²) in [5.74, 6) is -2.33. The lowest BCUT2D eigenvalue weighted by Crippen LogP contribution is -2.50. The van der Waals surface area contributed by atoms with E-state index in [9.17, 15) is 23.1 Å². The summed E-state index contributed by atoms with van der Waals surface area (Å²) in [4.78, 5) is 12.9. The number of fused-ring (bicyclic) bond motifs is 1. The minimum atomic E-state index is -4.06. The predicted octanol–water partition coefficient (Wildman–Crippen LogP) is 3.40. The Kier molecular flexibility index (Phi) is 3.96. The highest BCUT2D eigenvalue weighted by Crippen LogP contribution is 2.44. The molecule has 0 radical (unpaired) electrons. The first-order valence-electron chi connectivity index (χ1n) is 7.24. The van der Waals surface area contributed by atoms with Gasteiger partial charge in [-0.2, -0.15) is 8.78 Å². The van der Waals surface area contributed by atoms with Crippen LogP contribution < -0.4 is 9.64 Å². The molecule has 7 heteroatoms. The number of halogens is 3. The number of hydrogen-bond acceptors (Lipinski definition) is 3. The Hall–Kier alpha value is -2.54. The molecule has 0 spiro atoms. The first kappa shape index (κ1) is 16.3. The number of anilines is 1. The third-order valence-corrected chi connectivity index (χ3v) is 3.72. The Balaban J connectivity index is 2.09. The quantitative estimate of drug-likeness (QED) is 0.934. The van der Waals surface area contributed by atoms with Crippen molar-refractivity contribution in [3.63, 3.8) is 0 Å². The summed E-state index contributed by atoms with van der Waals surface area (Å²) in [5, 5.41) is 9.75. The summed E-state index contributed by atoms with van der Waals surface area (Å²) in [6.07, 6.45) is -5.12. The fourth-order valence-corrected chi connectivity index (χ4v) is 2.61. The van der Waals surface area contributed by atoms with E-state index in [1.54, 1.807) is 0 Å². The van der Waals surface area contributed by atoms with Crippen LogP contribution in [0.15, 0.2) is 42.5 Å². The fraction of sp³-hybridized carbons (Fsp3) is 0.235. The van der Waals surface area contributed by atoms with Gasteiger partial charge >= 0.3 is 12.0 Å². The Morgan fingerprint density at radius 1 is 1.25 bits per heavy atom. The maximum absolute atomic E-state index is 14.0. The molecule has 24 heavy (non-hydrogen) atoms. The van der Waals surface area contributed by atoms with Gasteiger partial charge in [0.2, 0.25) is 0 Å². The number of nitrogens with zero attached hydrogens (tertiary/aromatic N) is 1. The van der Waals surface area contributed by atoms with Crippen LogP contribution in [0.5, 0.6) is 5.75 Å². The zero-order valence-electron chi connectivity index (χ0n) is 12.7. The second-order valence-electron chi connectivity index (χ2n) is 5.51. The van der Waals surface area contributed by atoms with Crippen LogP contribution >= 0.6 is 0 Å². The molecule has 1 aliphatic heterocycles. The lowest BCUT2D eigenvalue weighted by Gasteiger charge is -2.35. The van der Waals surface area contributed by atoms with Crippen molar-refractivity contribution < 1.29 is 27.8 Å². The molecular weight excluding hydrogens is 323 g/mol. The number of para-hydroxylation sites is 1. The predicted molar refractivity (Wildman–Crippen MR) is 80.2 cm³/mol. The van der Waals surface area contributed by atoms with E-state index in [1.807, 2.05) is 0 Å². The van der Waals surface area contributed by atoms with Crippen molar-refractivity contribution in [1.29, 1.82) is 0 Å². The molecule has 0 saturated carbocycles. The molecule has 0 fully saturated rings. The number of rotatable bonds is 3. The van der Waals surface area contributed by atoms with Crippen LogP contribution in [0.25, 0.3) is 0 Å². The molecule has 1 amide bonds. The number of alkyl halides is 2. The van der Waals surface area contributed by atoms with Crippen LogP contribution in [0.1, 0.15) is 24.2 Å². The fourth-order valence-electron chi connectivity index (χ4n) is 2.61. The second-order valence-corrected chi connectivity index (χ2v) is 5.51. The van der Waals surface area contributed by atoms with E-state index in [0.29, 0.717) is 5.56 Å². The van der Waals surface area contributed by atoms with Crippen molar-refractivity contribution in [1.82, 2.24) is 0 Å². The van der Waals surface area contributed by atoms with Gasteiger partial charge in [-0.05, 0) is 30.7 Å². The lowest BCUT2D eigenvalue weighted by atomic mass is 10.1. The molecule has 2 aromatic carbocycles. The van der Waals surface area contributed by atoms with Gasteiger partial charge in [0.05, 0.1) is 18.3 Å². The van der Waals surface area contributed by atoms with Crippen LogP contribution in [0.2, 0.25) is 0 Å². The summed E-state index contributed by atoms with van der Waals surface area (Å²) in [5.41, 5.74) is 0.604. The van der Waals surface area contributed by atoms with Gasteiger partial charge in [-0.15, -0.1) is 0 Å². The average Bonchev–Trinajstić information content (AvgIpc) is 2.51. The molecule has 3 rings (SSSR count). The number of aliphatic hydroxyl groups is 1. The van der Waals surface area contributed by atoms with Gasteiger partial charge in [0.15, 0.2) is 5.75 Å². The van der Waals surface area contributed by atoms with Gasteiger partial charge in [0.1, 0.15) is 5.82 Å². The zero-order valence-corrected chi connectivity index (χ0v) is 12.7. The van der Waals surface area contributed by atoms with Crippen LogP contribution in [0, 0.1) is 5.82 Å². The molecule has 0 saturated heterocycles. The molecule has 1 aliphatic rings. The number of aliphatic hydroxyl groups excluding tert-OH is 1. The molecular formula is C17H14F3NO3. The Labute approximate surface area is 136 Å². The summed E-state index contributed by atoms with van der Waals surface area (Å²) >= 11 is 0. The second kappa shape index (κ2) is 5.83. The Bertz CT molecular complexity index is 792. The van der Waals surface area contributed by atoms with Gasteiger partial charge in [0.25, 0.3) is 0 Å². The first-order valence-corrected chi connectivity index (χ1v) is 7.24. The number of carbonyl (C=O) groups excluding carboxylic acids is 1. The molecule has 1 heterocycles. The van der Waals surface area contributed by atoms with Crippen molar-refractivity contribution in [3.05, 3.63) is 59.4 Å². The molecule has 1 atom stereocenters. The van der Waals surface area contributed by atoms with E-state index < -0.39 is 23.9 Å². The van der Waals surface area contributed by atoms with Crippen molar-refractivity contribution in [2.75, 3.05) is 4.90 Å². The normalized spacial score (nSPS) is 17.2. The average molecular weight is 337 g/mol. The molecule has 2 aromatic rings. The van der Waals surface area contributed by atoms with E-state index in [1.165, 1.54) is 49.4 Å². The number of amides is 1. The van der Waals surface area contributed by atoms with Gasteiger partial charge in [-0.25, -0.2) is 4.39 Å². The highest BCUT2D eigenvalue weighted by Gasteiger charge is 2.51. The maximum atomic E-state index is 14.0. The van der Waals surface area contributed by atoms with Gasteiger partial charge in [-0.3, -0.25) is 9.69 Å². The molecule has 4 nitrogen and oxygen atoms in total. The molecule has 0 bridgehead atoms. The minimum absolute atomic E-state index is 0.105. The van der Waals surface area contributed by atoms with E-state index >= 15 is 0 Å². The maximum Gasteiger partial charge on any atom is 0.483 e. The highest BCUT2D eigenvalue weighted by molar-refractivity contribution is 6.01. The Morgan fingerprint density at radius 2 is 1.96 bits per heavy atom. The van der Waals surface area contributed by atoms with E-state index in [4.69, 9.17) is 0 Å². The molecule has 1 N–H and O–H groups in total. The molecule has 126 valence electrons. The number of benzene rings is 2. The number of hydrogen-bond donors (Lipinski definition) is 1.